The number of hydrogen-bond acceptors (Lipinski definition) is 5. The van der Waals surface area contributed by atoms with Crippen LogP contribution in [-0.4, -0.2) is 36.4 Å². The lowest BCUT2D eigenvalue weighted by Gasteiger charge is -2.40. The summed E-state index contributed by atoms with van der Waals surface area (Å²) in [4.78, 5) is 22.8. The van der Waals surface area contributed by atoms with Crippen LogP contribution in [0.1, 0.15) is 32.8 Å². The Morgan fingerprint density at radius 2 is 1.96 bits per heavy atom. The maximum atomic E-state index is 11.5. The highest BCUT2D eigenvalue weighted by atomic mass is 16.7. The average Bonchev–Trinajstić information content (AvgIpc) is 2.48. The van der Waals surface area contributed by atoms with Crippen LogP contribution in [0.25, 0.3) is 0 Å². The summed E-state index contributed by atoms with van der Waals surface area (Å²) in [5, 5.41) is 2.78. The molecule has 1 heterocycles. The molecular formula is C17H23NO5. The van der Waals surface area contributed by atoms with E-state index < -0.39 is 18.4 Å². The number of amides is 1. The molecule has 1 aliphatic rings. The van der Waals surface area contributed by atoms with E-state index in [9.17, 15) is 9.59 Å². The van der Waals surface area contributed by atoms with Crippen molar-refractivity contribution in [3.63, 3.8) is 0 Å². The van der Waals surface area contributed by atoms with Crippen LogP contribution in [0.4, 0.5) is 0 Å². The first kappa shape index (κ1) is 17.4. The quantitative estimate of drug-likeness (QED) is 0.837. The number of esters is 1. The first-order valence-corrected chi connectivity index (χ1v) is 7.71. The van der Waals surface area contributed by atoms with Gasteiger partial charge in [-0.1, -0.05) is 30.3 Å². The number of nitrogens with one attached hydrogen (secondary N) is 1. The minimum Gasteiger partial charge on any atom is -0.460 e. The van der Waals surface area contributed by atoms with E-state index in [1.807, 2.05) is 37.3 Å². The Kier molecular flexibility index (Phi) is 6.12. The Hall–Kier alpha value is -1.92. The van der Waals surface area contributed by atoms with Crippen molar-refractivity contribution in [1.82, 2.24) is 5.32 Å². The molecule has 1 amide bonds. The molecule has 1 aliphatic heterocycles. The van der Waals surface area contributed by atoms with E-state index in [-0.39, 0.29) is 18.0 Å². The predicted octanol–water partition coefficient (Wildman–Crippen LogP) is 1.77. The molecule has 1 aromatic carbocycles. The van der Waals surface area contributed by atoms with Gasteiger partial charge < -0.3 is 19.5 Å². The summed E-state index contributed by atoms with van der Waals surface area (Å²) in [5.74, 6) is -0.611. The molecule has 0 bridgehead atoms. The fourth-order valence-electron chi connectivity index (χ4n) is 2.64. The van der Waals surface area contributed by atoms with Crippen molar-refractivity contribution in [3.05, 3.63) is 35.9 Å². The lowest BCUT2D eigenvalue weighted by Crippen LogP contribution is -2.58. The van der Waals surface area contributed by atoms with Crippen LogP contribution >= 0.6 is 0 Å². The van der Waals surface area contributed by atoms with Crippen LogP contribution in [0.15, 0.2) is 30.3 Å². The van der Waals surface area contributed by atoms with Crippen molar-refractivity contribution in [2.45, 2.75) is 58.3 Å². The maximum Gasteiger partial charge on any atom is 0.302 e. The van der Waals surface area contributed by atoms with Gasteiger partial charge in [-0.15, -0.1) is 0 Å². The fraction of sp³-hybridized carbons (Fsp3) is 0.529. The van der Waals surface area contributed by atoms with E-state index in [0.717, 1.165) is 5.56 Å². The van der Waals surface area contributed by atoms with Crippen LogP contribution in [0.5, 0.6) is 0 Å². The largest absolute Gasteiger partial charge is 0.460 e. The number of carbonyl (C=O) groups excluding carboxylic acids is 2. The van der Waals surface area contributed by atoms with Gasteiger partial charge in [0, 0.05) is 20.3 Å². The van der Waals surface area contributed by atoms with Gasteiger partial charge in [0.2, 0.25) is 5.91 Å². The van der Waals surface area contributed by atoms with Crippen molar-refractivity contribution >= 4 is 11.9 Å². The Bertz CT molecular complexity index is 533. The van der Waals surface area contributed by atoms with Gasteiger partial charge >= 0.3 is 5.97 Å². The number of carbonyl (C=O) groups is 2. The Balaban J connectivity index is 2.08. The summed E-state index contributed by atoms with van der Waals surface area (Å²) in [5.41, 5.74) is 1.000. The summed E-state index contributed by atoms with van der Waals surface area (Å²) in [7, 11) is 0. The summed E-state index contributed by atoms with van der Waals surface area (Å²) in [6.45, 7) is 5.00. The minimum absolute atomic E-state index is 0.134. The zero-order chi connectivity index (χ0) is 16.8. The van der Waals surface area contributed by atoms with Gasteiger partial charge in [0.05, 0.1) is 12.7 Å². The zero-order valence-electron chi connectivity index (χ0n) is 13.7. The van der Waals surface area contributed by atoms with Gasteiger partial charge in [-0.25, -0.2) is 0 Å². The van der Waals surface area contributed by atoms with Crippen molar-refractivity contribution < 1.29 is 23.8 Å². The smallest absolute Gasteiger partial charge is 0.302 e. The van der Waals surface area contributed by atoms with Gasteiger partial charge in [-0.3, -0.25) is 9.59 Å². The van der Waals surface area contributed by atoms with E-state index in [0.29, 0.717) is 13.0 Å². The third-order valence-corrected chi connectivity index (χ3v) is 3.57. The molecule has 1 fully saturated rings. The van der Waals surface area contributed by atoms with Gasteiger partial charge in [0.1, 0.15) is 12.1 Å². The lowest BCUT2D eigenvalue weighted by molar-refractivity contribution is -0.236. The van der Waals surface area contributed by atoms with Gasteiger partial charge in [0.15, 0.2) is 6.29 Å². The van der Waals surface area contributed by atoms with E-state index in [4.69, 9.17) is 14.2 Å². The van der Waals surface area contributed by atoms with Gasteiger partial charge in [0.25, 0.3) is 0 Å². The molecule has 0 radical (unpaired) electrons. The van der Waals surface area contributed by atoms with Crippen molar-refractivity contribution in [1.29, 1.82) is 0 Å². The summed E-state index contributed by atoms with van der Waals surface area (Å²) in [6.07, 6.45) is -0.770. The Labute approximate surface area is 136 Å². The Morgan fingerprint density at radius 1 is 1.26 bits per heavy atom. The lowest BCUT2D eigenvalue weighted by atomic mass is 10.0. The zero-order valence-corrected chi connectivity index (χ0v) is 13.7. The molecule has 0 aromatic heterocycles. The average molecular weight is 321 g/mol. The molecule has 126 valence electrons. The molecule has 1 aromatic rings. The molecule has 0 spiro atoms. The van der Waals surface area contributed by atoms with Crippen molar-refractivity contribution in [3.8, 4) is 0 Å². The first-order valence-electron chi connectivity index (χ1n) is 7.71. The van der Waals surface area contributed by atoms with Crippen LogP contribution < -0.4 is 5.32 Å². The highest BCUT2D eigenvalue weighted by Gasteiger charge is 2.40. The number of rotatable bonds is 5. The predicted molar refractivity (Wildman–Crippen MR) is 83.3 cm³/mol. The molecule has 4 atom stereocenters. The summed E-state index contributed by atoms with van der Waals surface area (Å²) in [6, 6.07) is 9.15. The van der Waals surface area contributed by atoms with Gasteiger partial charge in [-0.05, 0) is 12.5 Å². The summed E-state index contributed by atoms with van der Waals surface area (Å²) >= 11 is 0. The fourth-order valence-corrected chi connectivity index (χ4v) is 2.64. The van der Waals surface area contributed by atoms with Crippen LogP contribution in [0, 0.1) is 0 Å². The SMILES string of the molecule is CC(=O)N[C@H]1[C@H](OCc2ccccc2)O[C@H](C)C[C@@H]1OC(C)=O. The van der Waals surface area contributed by atoms with E-state index >= 15 is 0 Å². The topological polar surface area (TPSA) is 73.9 Å². The molecule has 6 nitrogen and oxygen atoms in total. The van der Waals surface area contributed by atoms with Crippen molar-refractivity contribution in [2.75, 3.05) is 0 Å². The van der Waals surface area contributed by atoms with Crippen LogP contribution in [0.2, 0.25) is 0 Å². The third kappa shape index (κ3) is 5.33. The number of hydrogen-bond donors (Lipinski definition) is 1. The molecule has 0 saturated carbocycles. The first-order chi connectivity index (χ1) is 11.0. The highest BCUT2D eigenvalue weighted by Crippen LogP contribution is 2.24. The second kappa shape index (κ2) is 8.08. The highest BCUT2D eigenvalue weighted by molar-refractivity contribution is 5.73. The molecule has 23 heavy (non-hydrogen) atoms. The molecular weight excluding hydrogens is 298 g/mol. The van der Waals surface area contributed by atoms with Gasteiger partial charge in [-0.2, -0.15) is 0 Å². The number of benzene rings is 1. The van der Waals surface area contributed by atoms with Crippen LogP contribution in [0.3, 0.4) is 0 Å². The molecule has 0 aliphatic carbocycles. The van der Waals surface area contributed by atoms with E-state index in [1.165, 1.54) is 13.8 Å². The van der Waals surface area contributed by atoms with Crippen LogP contribution in [-0.2, 0) is 30.4 Å². The normalized spacial score (nSPS) is 27.3. The van der Waals surface area contributed by atoms with Crippen molar-refractivity contribution in [2.24, 2.45) is 0 Å². The third-order valence-electron chi connectivity index (χ3n) is 3.57. The molecule has 0 unspecified atom stereocenters. The second-order valence-corrected chi connectivity index (χ2v) is 5.72. The maximum absolute atomic E-state index is 11.5. The summed E-state index contributed by atoms with van der Waals surface area (Å²) < 4.78 is 17.0. The van der Waals surface area contributed by atoms with E-state index in [1.54, 1.807) is 0 Å². The standard InChI is InChI=1S/C17H23NO5/c1-11-9-15(23-13(3)20)16(18-12(2)19)17(22-11)21-10-14-7-5-4-6-8-14/h4-8,11,15-17H,9-10H2,1-3H3,(H,18,19)/t11-,15+,16-,17-/m1/s1. The molecule has 1 N–H and O–H groups in total. The van der Waals surface area contributed by atoms with E-state index in [2.05, 4.69) is 5.32 Å². The molecule has 2 rings (SSSR count). The molecule has 6 heteroatoms. The monoisotopic (exact) mass is 321 g/mol. The second-order valence-electron chi connectivity index (χ2n) is 5.72. The minimum atomic E-state index is -0.674. The number of ether oxygens (including phenoxy) is 3. The Morgan fingerprint density at radius 3 is 2.57 bits per heavy atom. The molecule has 1 saturated heterocycles.